The number of carbonyl (C=O) groups is 1. The molecule has 2 aliphatic rings. The molecule has 5 nitrogen and oxygen atoms in total. The second-order valence-electron chi connectivity index (χ2n) is 5.14. The largest absolute Gasteiger partial charge is 0.321 e. The number of nitrogens with zero attached hydrogens (tertiary/aromatic N) is 2. The zero-order valence-corrected chi connectivity index (χ0v) is 11.0. The fourth-order valence-electron chi connectivity index (χ4n) is 2.62. The van der Waals surface area contributed by atoms with E-state index in [9.17, 15) is 4.79 Å². The van der Waals surface area contributed by atoms with Gasteiger partial charge in [0.15, 0.2) is 0 Å². The Morgan fingerprint density at radius 3 is 2.53 bits per heavy atom. The van der Waals surface area contributed by atoms with Crippen LogP contribution in [0.15, 0.2) is 30.3 Å². The minimum absolute atomic E-state index is 0.0117. The highest BCUT2D eigenvalue weighted by Crippen LogP contribution is 2.17. The Bertz CT molecular complexity index is 424. The van der Waals surface area contributed by atoms with E-state index in [4.69, 9.17) is 0 Å². The first kappa shape index (κ1) is 12.4. The van der Waals surface area contributed by atoms with Crippen LogP contribution in [-0.4, -0.2) is 61.1 Å². The first-order chi connectivity index (χ1) is 9.33. The Balaban J connectivity index is 1.46. The first-order valence-corrected chi connectivity index (χ1v) is 6.89. The van der Waals surface area contributed by atoms with E-state index in [1.165, 1.54) is 0 Å². The van der Waals surface area contributed by atoms with Crippen molar-refractivity contribution < 1.29 is 4.79 Å². The Kier molecular flexibility index (Phi) is 3.66. The third-order valence-corrected chi connectivity index (χ3v) is 3.84. The van der Waals surface area contributed by atoms with Gasteiger partial charge in [-0.2, -0.15) is 0 Å². The van der Waals surface area contributed by atoms with Crippen molar-refractivity contribution in [2.45, 2.75) is 6.04 Å². The molecule has 3 rings (SSSR count). The lowest BCUT2D eigenvalue weighted by Gasteiger charge is -2.46. The van der Waals surface area contributed by atoms with Crippen LogP contribution in [0.4, 0.5) is 10.5 Å². The quantitative estimate of drug-likeness (QED) is 0.827. The summed E-state index contributed by atoms with van der Waals surface area (Å²) in [6.07, 6.45) is 0. The molecule has 2 aliphatic heterocycles. The zero-order chi connectivity index (χ0) is 13.1. The van der Waals surface area contributed by atoms with E-state index in [2.05, 4.69) is 15.5 Å². The highest BCUT2D eigenvalue weighted by Gasteiger charge is 2.35. The molecule has 0 bridgehead atoms. The maximum absolute atomic E-state index is 12.0. The van der Waals surface area contributed by atoms with Crippen LogP contribution in [0, 0.1) is 0 Å². The molecule has 1 aromatic carbocycles. The van der Waals surface area contributed by atoms with Gasteiger partial charge in [0.25, 0.3) is 0 Å². The van der Waals surface area contributed by atoms with E-state index in [0.29, 0.717) is 6.04 Å². The van der Waals surface area contributed by atoms with Gasteiger partial charge in [-0.3, -0.25) is 4.90 Å². The minimum atomic E-state index is 0.0117. The molecule has 2 fully saturated rings. The van der Waals surface area contributed by atoms with Gasteiger partial charge in [0.1, 0.15) is 0 Å². The monoisotopic (exact) mass is 260 g/mol. The number of anilines is 1. The molecule has 102 valence electrons. The van der Waals surface area contributed by atoms with Crippen LogP contribution in [0.2, 0.25) is 0 Å². The molecular formula is C14H20N4O. The third-order valence-electron chi connectivity index (χ3n) is 3.84. The van der Waals surface area contributed by atoms with E-state index in [-0.39, 0.29) is 6.03 Å². The van der Waals surface area contributed by atoms with Crippen LogP contribution in [0.5, 0.6) is 0 Å². The van der Waals surface area contributed by atoms with Crippen LogP contribution in [0.1, 0.15) is 0 Å². The molecule has 2 amide bonds. The van der Waals surface area contributed by atoms with E-state index in [1.54, 1.807) is 0 Å². The second-order valence-corrected chi connectivity index (χ2v) is 5.14. The summed E-state index contributed by atoms with van der Waals surface area (Å²) in [5, 5.41) is 6.27. The molecule has 0 aliphatic carbocycles. The highest BCUT2D eigenvalue weighted by molar-refractivity contribution is 5.89. The molecule has 0 aromatic heterocycles. The van der Waals surface area contributed by atoms with Gasteiger partial charge in [-0.05, 0) is 12.1 Å². The summed E-state index contributed by atoms with van der Waals surface area (Å²) < 4.78 is 0. The van der Waals surface area contributed by atoms with Gasteiger partial charge in [-0.15, -0.1) is 0 Å². The van der Waals surface area contributed by atoms with Gasteiger partial charge in [0.2, 0.25) is 0 Å². The van der Waals surface area contributed by atoms with Gasteiger partial charge in [-0.1, -0.05) is 18.2 Å². The number of amides is 2. The standard InChI is InChI=1S/C14H20N4O/c19-14(16-12-4-2-1-3-5-12)18-10-13(11-18)17-8-6-15-7-9-17/h1-5,13,15H,6-11H2,(H,16,19). The lowest BCUT2D eigenvalue weighted by atomic mass is 10.1. The number of urea groups is 1. The van der Waals surface area contributed by atoms with Crippen molar-refractivity contribution in [3.63, 3.8) is 0 Å². The Morgan fingerprint density at radius 2 is 1.84 bits per heavy atom. The van der Waals surface area contributed by atoms with Crippen molar-refractivity contribution in [2.24, 2.45) is 0 Å². The minimum Gasteiger partial charge on any atom is -0.321 e. The predicted molar refractivity (Wildman–Crippen MR) is 75.3 cm³/mol. The van der Waals surface area contributed by atoms with Crippen molar-refractivity contribution in [1.29, 1.82) is 0 Å². The van der Waals surface area contributed by atoms with Crippen LogP contribution >= 0.6 is 0 Å². The average molecular weight is 260 g/mol. The summed E-state index contributed by atoms with van der Waals surface area (Å²) in [7, 11) is 0. The number of hydrogen-bond acceptors (Lipinski definition) is 3. The summed E-state index contributed by atoms with van der Waals surface area (Å²) in [5.41, 5.74) is 0.859. The summed E-state index contributed by atoms with van der Waals surface area (Å²) in [5.74, 6) is 0. The molecule has 2 saturated heterocycles. The summed E-state index contributed by atoms with van der Waals surface area (Å²) in [6.45, 7) is 6.01. The lowest BCUT2D eigenvalue weighted by molar-refractivity contribution is 0.0537. The smallest absolute Gasteiger partial charge is 0.321 e. The fraction of sp³-hybridized carbons (Fsp3) is 0.500. The molecule has 1 aromatic rings. The third kappa shape index (κ3) is 2.88. The molecule has 0 spiro atoms. The van der Waals surface area contributed by atoms with Crippen molar-refractivity contribution >= 4 is 11.7 Å². The number of likely N-dealkylation sites (tertiary alicyclic amines) is 1. The maximum Gasteiger partial charge on any atom is 0.321 e. The molecular weight excluding hydrogens is 240 g/mol. The van der Waals surface area contributed by atoms with E-state index >= 15 is 0 Å². The first-order valence-electron chi connectivity index (χ1n) is 6.89. The molecule has 19 heavy (non-hydrogen) atoms. The molecule has 0 atom stereocenters. The number of carbonyl (C=O) groups excluding carboxylic acids is 1. The maximum atomic E-state index is 12.0. The lowest BCUT2D eigenvalue weighted by Crippen LogP contribution is -2.64. The Hall–Kier alpha value is -1.59. The van der Waals surface area contributed by atoms with Crippen molar-refractivity contribution in [2.75, 3.05) is 44.6 Å². The Morgan fingerprint density at radius 1 is 1.16 bits per heavy atom. The number of para-hydroxylation sites is 1. The number of rotatable bonds is 2. The average Bonchev–Trinajstić information content (AvgIpc) is 2.39. The van der Waals surface area contributed by atoms with Gasteiger partial charge in [0, 0.05) is 51.0 Å². The van der Waals surface area contributed by atoms with Gasteiger partial charge in [0.05, 0.1) is 0 Å². The van der Waals surface area contributed by atoms with E-state index in [0.717, 1.165) is 45.0 Å². The van der Waals surface area contributed by atoms with E-state index < -0.39 is 0 Å². The van der Waals surface area contributed by atoms with Crippen molar-refractivity contribution in [3.05, 3.63) is 30.3 Å². The Labute approximate surface area is 113 Å². The van der Waals surface area contributed by atoms with Gasteiger partial charge >= 0.3 is 6.03 Å². The topological polar surface area (TPSA) is 47.6 Å². The van der Waals surface area contributed by atoms with Crippen molar-refractivity contribution in [3.8, 4) is 0 Å². The van der Waals surface area contributed by atoms with Crippen LogP contribution in [0.3, 0.4) is 0 Å². The van der Waals surface area contributed by atoms with Crippen LogP contribution in [-0.2, 0) is 0 Å². The number of nitrogens with one attached hydrogen (secondary N) is 2. The second kappa shape index (κ2) is 5.59. The summed E-state index contributed by atoms with van der Waals surface area (Å²) in [6, 6.07) is 10.2. The zero-order valence-electron chi connectivity index (χ0n) is 11.0. The molecule has 5 heteroatoms. The number of hydrogen-bond donors (Lipinski definition) is 2. The van der Waals surface area contributed by atoms with Crippen LogP contribution in [0.25, 0.3) is 0 Å². The van der Waals surface area contributed by atoms with Gasteiger partial charge in [-0.25, -0.2) is 4.79 Å². The van der Waals surface area contributed by atoms with Crippen molar-refractivity contribution in [1.82, 2.24) is 15.1 Å². The molecule has 2 heterocycles. The van der Waals surface area contributed by atoms with Crippen LogP contribution < -0.4 is 10.6 Å². The fourth-order valence-corrected chi connectivity index (χ4v) is 2.62. The molecule has 2 N–H and O–H groups in total. The predicted octanol–water partition coefficient (Wildman–Crippen LogP) is 0.808. The molecule has 0 unspecified atom stereocenters. The van der Waals surface area contributed by atoms with E-state index in [1.807, 2.05) is 35.2 Å². The number of benzene rings is 1. The summed E-state index contributed by atoms with van der Waals surface area (Å²) in [4.78, 5) is 16.4. The SMILES string of the molecule is O=C(Nc1ccccc1)N1CC(N2CCNCC2)C1. The summed E-state index contributed by atoms with van der Waals surface area (Å²) >= 11 is 0. The number of piperazine rings is 1. The van der Waals surface area contributed by atoms with Gasteiger partial charge < -0.3 is 15.5 Å². The highest BCUT2D eigenvalue weighted by atomic mass is 16.2. The molecule has 0 radical (unpaired) electrons. The molecule has 0 saturated carbocycles. The normalized spacial score (nSPS) is 20.9.